The van der Waals surface area contributed by atoms with E-state index in [1.807, 2.05) is 30.3 Å². The Bertz CT molecular complexity index is 373. The average Bonchev–Trinajstić information content (AvgIpc) is 2.72. The van der Waals surface area contributed by atoms with Gasteiger partial charge in [0, 0.05) is 0 Å². The second-order valence-corrected chi connectivity index (χ2v) is 2.96. The van der Waals surface area contributed by atoms with Gasteiger partial charge >= 0.3 is 0 Å². The molecule has 14 heavy (non-hydrogen) atoms. The van der Waals surface area contributed by atoms with E-state index in [0.29, 0.717) is 6.54 Å². The summed E-state index contributed by atoms with van der Waals surface area (Å²) in [5.41, 5.74) is 0.864. The van der Waals surface area contributed by atoms with Gasteiger partial charge in [0.05, 0.1) is 12.6 Å². The van der Waals surface area contributed by atoms with Gasteiger partial charge in [-0.05, 0) is 16.0 Å². The topological polar surface area (TPSA) is 63.8 Å². The lowest BCUT2D eigenvalue weighted by Gasteiger charge is -2.09. The van der Waals surface area contributed by atoms with Crippen LogP contribution in [0.25, 0.3) is 0 Å². The van der Waals surface area contributed by atoms with Crippen LogP contribution in [0.2, 0.25) is 0 Å². The number of aromatic nitrogens is 4. The van der Waals surface area contributed by atoms with E-state index < -0.39 is 6.10 Å². The summed E-state index contributed by atoms with van der Waals surface area (Å²) in [5, 5.41) is 20.4. The highest BCUT2D eigenvalue weighted by Gasteiger charge is 2.07. The maximum Gasteiger partial charge on any atom is 0.138 e. The number of aliphatic hydroxyl groups excluding tert-OH is 1. The molecule has 1 heterocycles. The third-order valence-electron chi connectivity index (χ3n) is 1.94. The summed E-state index contributed by atoms with van der Waals surface area (Å²) in [5.74, 6) is 0. The minimum atomic E-state index is -0.570. The smallest absolute Gasteiger partial charge is 0.138 e. The second kappa shape index (κ2) is 3.97. The number of benzene rings is 1. The van der Waals surface area contributed by atoms with Crippen molar-refractivity contribution >= 4 is 0 Å². The average molecular weight is 190 g/mol. The molecule has 0 aliphatic rings. The third kappa shape index (κ3) is 1.94. The summed E-state index contributed by atoms with van der Waals surface area (Å²) in [6.07, 6.45) is 0.909. The maximum absolute atomic E-state index is 9.78. The van der Waals surface area contributed by atoms with Crippen LogP contribution in [0.3, 0.4) is 0 Å². The monoisotopic (exact) mass is 190 g/mol. The van der Waals surface area contributed by atoms with Crippen LogP contribution in [0.15, 0.2) is 36.7 Å². The van der Waals surface area contributed by atoms with E-state index in [1.165, 1.54) is 11.0 Å². The van der Waals surface area contributed by atoms with Crippen molar-refractivity contribution in [1.29, 1.82) is 0 Å². The van der Waals surface area contributed by atoms with Crippen molar-refractivity contribution in [3.63, 3.8) is 0 Å². The Morgan fingerprint density at radius 3 is 2.71 bits per heavy atom. The molecule has 1 aromatic carbocycles. The van der Waals surface area contributed by atoms with E-state index in [0.717, 1.165) is 5.56 Å². The molecule has 5 nitrogen and oxygen atoms in total. The molecule has 0 aliphatic carbocycles. The molecular weight excluding hydrogens is 180 g/mol. The molecule has 0 unspecified atom stereocenters. The van der Waals surface area contributed by atoms with Crippen LogP contribution in [-0.4, -0.2) is 25.3 Å². The lowest BCUT2D eigenvalue weighted by Crippen LogP contribution is -2.09. The Hall–Kier alpha value is -1.75. The van der Waals surface area contributed by atoms with Crippen LogP contribution in [0.4, 0.5) is 0 Å². The Balaban J connectivity index is 2.07. The van der Waals surface area contributed by atoms with Gasteiger partial charge in [0.1, 0.15) is 6.33 Å². The maximum atomic E-state index is 9.78. The number of hydrogen-bond acceptors (Lipinski definition) is 4. The summed E-state index contributed by atoms with van der Waals surface area (Å²) in [4.78, 5) is 0. The molecule has 0 saturated carbocycles. The molecule has 2 rings (SSSR count). The van der Waals surface area contributed by atoms with Crippen LogP contribution in [-0.2, 0) is 6.54 Å². The molecule has 0 bridgehead atoms. The molecule has 0 radical (unpaired) electrons. The van der Waals surface area contributed by atoms with Gasteiger partial charge < -0.3 is 5.11 Å². The van der Waals surface area contributed by atoms with Crippen LogP contribution in [0, 0.1) is 0 Å². The first-order valence-corrected chi connectivity index (χ1v) is 4.30. The predicted octanol–water partition coefficient (Wildman–Crippen LogP) is 0.407. The lowest BCUT2D eigenvalue weighted by molar-refractivity contribution is 0.150. The van der Waals surface area contributed by atoms with Gasteiger partial charge in [0.2, 0.25) is 0 Å². The van der Waals surface area contributed by atoms with Crippen LogP contribution in [0.5, 0.6) is 0 Å². The molecule has 2 aromatic rings. The molecule has 72 valence electrons. The van der Waals surface area contributed by atoms with Gasteiger partial charge in [-0.1, -0.05) is 30.3 Å². The normalized spacial score (nSPS) is 12.6. The fraction of sp³-hybridized carbons (Fsp3) is 0.222. The van der Waals surface area contributed by atoms with Crippen LogP contribution >= 0.6 is 0 Å². The van der Waals surface area contributed by atoms with E-state index in [-0.39, 0.29) is 0 Å². The van der Waals surface area contributed by atoms with Crippen molar-refractivity contribution < 1.29 is 5.11 Å². The van der Waals surface area contributed by atoms with Gasteiger partial charge in [-0.25, -0.2) is 4.68 Å². The lowest BCUT2D eigenvalue weighted by atomic mass is 10.1. The molecule has 5 heteroatoms. The van der Waals surface area contributed by atoms with E-state index in [4.69, 9.17) is 0 Å². The highest BCUT2D eigenvalue weighted by molar-refractivity contribution is 5.16. The number of hydrogen-bond donors (Lipinski definition) is 1. The van der Waals surface area contributed by atoms with Crippen molar-refractivity contribution in [1.82, 2.24) is 20.2 Å². The Morgan fingerprint density at radius 2 is 2.07 bits per heavy atom. The van der Waals surface area contributed by atoms with Gasteiger partial charge in [0.25, 0.3) is 0 Å². The molecule has 1 aromatic heterocycles. The highest BCUT2D eigenvalue weighted by Crippen LogP contribution is 2.12. The minimum Gasteiger partial charge on any atom is -0.386 e. The summed E-state index contributed by atoms with van der Waals surface area (Å²) >= 11 is 0. The molecule has 1 atom stereocenters. The fourth-order valence-electron chi connectivity index (χ4n) is 1.22. The first kappa shape index (κ1) is 8.83. The molecule has 0 spiro atoms. The zero-order chi connectivity index (χ0) is 9.80. The van der Waals surface area contributed by atoms with Crippen molar-refractivity contribution in [2.75, 3.05) is 0 Å². The Labute approximate surface area is 81.0 Å². The Kier molecular flexibility index (Phi) is 2.51. The van der Waals surface area contributed by atoms with E-state index in [1.54, 1.807) is 0 Å². The molecule has 0 amide bonds. The van der Waals surface area contributed by atoms with Crippen molar-refractivity contribution in [2.24, 2.45) is 0 Å². The summed E-state index contributed by atoms with van der Waals surface area (Å²) < 4.78 is 1.50. The van der Waals surface area contributed by atoms with Gasteiger partial charge in [-0.3, -0.25) is 0 Å². The van der Waals surface area contributed by atoms with Gasteiger partial charge in [-0.15, -0.1) is 5.10 Å². The molecular formula is C9H10N4O. The number of aliphatic hydroxyl groups is 1. The predicted molar refractivity (Wildman–Crippen MR) is 49.2 cm³/mol. The quantitative estimate of drug-likeness (QED) is 0.761. The van der Waals surface area contributed by atoms with E-state index in [9.17, 15) is 5.11 Å². The van der Waals surface area contributed by atoms with E-state index >= 15 is 0 Å². The molecule has 0 saturated heterocycles. The third-order valence-corrected chi connectivity index (χ3v) is 1.94. The molecule has 0 aliphatic heterocycles. The minimum absolute atomic E-state index is 0.372. The zero-order valence-corrected chi connectivity index (χ0v) is 7.48. The Morgan fingerprint density at radius 1 is 1.29 bits per heavy atom. The van der Waals surface area contributed by atoms with Crippen LogP contribution < -0.4 is 0 Å². The number of rotatable bonds is 3. The van der Waals surface area contributed by atoms with Crippen LogP contribution in [0.1, 0.15) is 11.7 Å². The summed E-state index contributed by atoms with van der Waals surface area (Å²) in [6.45, 7) is 0.372. The van der Waals surface area contributed by atoms with Crippen molar-refractivity contribution in [2.45, 2.75) is 12.6 Å². The standard InChI is InChI=1S/C9H10N4O/c14-9(6-13-7-10-11-12-13)8-4-2-1-3-5-8/h1-5,7,9,14H,6H2/t9-/m0/s1. The van der Waals surface area contributed by atoms with E-state index in [2.05, 4.69) is 15.5 Å². The van der Waals surface area contributed by atoms with Crippen molar-refractivity contribution in [3.05, 3.63) is 42.2 Å². The fourth-order valence-corrected chi connectivity index (χ4v) is 1.22. The van der Waals surface area contributed by atoms with Gasteiger partial charge in [-0.2, -0.15) is 0 Å². The first-order valence-electron chi connectivity index (χ1n) is 4.30. The number of nitrogens with zero attached hydrogens (tertiary/aromatic N) is 4. The zero-order valence-electron chi connectivity index (χ0n) is 7.48. The SMILES string of the molecule is O[C@@H](Cn1cnnn1)c1ccccc1. The van der Waals surface area contributed by atoms with Gasteiger partial charge in [0.15, 0.2) is 0 Å². The first-order chi connectivity index (χ1) is 6.86. The summed E-state index contributed by atoms with van der Waals surface area (Å²) in [7, 11) is 0. The largest absolute Gasteiger partial charge is 0.386 e. The van der Waals surface area contributed by atoms with Crippen molar-refractivity contribution in [3.8, 4) is 0 Å². The molecule has 0 fully saturated rings. The molecule has 1 N–H and O–H groups in total. The summed E-state index contributed by atoms with van der Waals surface area (Å²) in [6, 6.07) is 9.42. The number of tetrazole rings is 1. The second-order valence-electron chi connectivity index (χ2n) is 2.96. The highest BCUT2D eigenvalue weighted by atomic mass is 16.3.